The minimum absolute atomic E-state index is 0.125. The van der Waals surface area contributed by atoms with Crippen LogP contribution in [0.15, 0.2) is 45.7 Å². The van der Waals surface area contributed by atoms with Crippen molar-refractivity contribution in [2.75, 3.05) is 14.2 Å². The Balaban J connectivity index is 0.00000117. The third kappa shape index (κ3) is 4.06. The molecule has 0 spiro atoms. The number of benzene rings is 2. The summed E-state index contributed by atoms with van der Waals surface area (Å²) in [5, 5.41) is 14.1. The normalized spacial score (nSPS) is 10.0. The monoisotopic (exact) mass is 424 g/mol. The van der Waals surface area contributed by atoms with Crippen molar-refractivity contribution in [1.29, 1.82) is 0 Å². The SMILES string of the molecule is CO.COC(=O)c1cc(Oc2n[nH]c(=O)c3cc(Br)ccc23)ccc1F. The predicted molar refractivity (Wildman–Crippen MR) is 96.0 cm³/mol. The number of aliphatic hydroxyl groups excluding tert-OH is 1. The highest BCUT2D eigenvalue weighted by atomic mass is 79.9. The summed E-state index contributed by atoms with van der Waals surface area (Å²) in [6.07, 6.45) is 0. The molecule has 0 radical (unpaired) electrons. The van der Waals surface area contributed by atoms with Gasteiger partial charge in [0.25, 0.3) is 5.56 Å². The molecule has 0 unspecified atom stereocenters. The molecule has 9 heteroatoms. The highest BCUT2D eigenvalue weighted by Crippen LogP contribution is 2.28. The number of carbonyl (C=O) groups is 1. The minimum atomic E-state index is -0.818. The first-order valence-electron chi connectivity index (χ1n) is 7.18. The topological polar surface area (TPSA) is 102 Å². The van der Waals surface area contributed by atoms with E-state index in [0.717, 1.165) is 24.8 Å². The second-order valence-electron chi connectivity index (χ2n) is 4.78. The van der Waals surface area contributed by atoms with Gasteiger partial charge in [-0.1, -0.05) is 15.9 Å². The molecule has 0 aliphatic rings. The van der Waals surface area contributed by atoms with Crippen molar-refractivity contribution in [1.82, 2.24) is 10.2 Å². The highest BCUT2D eigenvalue weighted by molar-refractivity contribution is 9.10. The van der Waals surface area contributed by atoms with E-state index < -0.39 is 11.8 Å². The van der Waals surface area contributed by atoms with Gasteiger partial charge in [0.2, 0.25) is 5.88 Å². The molecule has 0 atom stereocenters. The van der Waals surface area contributed by atoms with Crippen LogP contribution in [0.3, 0.4) is 0 Å². The number of rotatable bonds is 3. The molecule has 2 aromatic carbocycles. The number of nitrogens with one attached hydrogen (secondary N) is 1. The Labute approximate surface area is 155 Å². The zero-order valence-electron chi connectivity index (χ0n) is 13.7. The third-order valence-electron chi connectivity index (χ3n) is 3.27. The molecule has 1 aromatic heterocycles. The number of aromatic nitrogens is 2. The molecule has 136 valence electrons. The summed E-state index contributed by atoms with van der Waals surface area (Å²) >= 11 is 3.29. The summed E-state index contributed by atoms with van der Waals surface area (Å²) in [5.74, 6) is -1.24. The lowest BCUT2D eigenvalue weighted by Crippen LogP contribution is -2.09. The van der Waals surface area contributed by atoms with Crippen LogP contribution in [0.25, 0.3) is 10.8 Å². The van der Waals surface area contributed by atoms with Gasteiger partial charge in [0.05, 0.1) is 23.4 Å². The van der Waals surface area contributed by atoms with Crippen LogP contribution < -0.4 is 10.3 Å². The Morgan fingerprint density at radius 2 is 1.92 bits per heavy atom. The number of carbonyl (C=O) groups excluding carboxylic acids is 1. The number of hydrogen-bond donors (Lipinski definition) is 2. The average Bonchev–Trinajstić information content (AvgIpc) is 2.66. The number of aromatic amines is 1. The lowest BCUT2D eigenvalue weighted by molar-refractivity contribution is 0.0595. The summed E-state index contributed by atoms with van der Waals surface area (Å²) in [6.45, 7) is 0. The van der Waals surface area contributed by atoms with Crippen molar-refractivity contribution < 1.29 is 23.8 Å². The zero-order valence-corrected chi connectivity index (χ0v) is 15.3. The number of aliphatic hydroxyl groups is 1. The Bertz CT molecular complexity index is 1010. The fourth-order valence-electron chi connectivity index (χ4n) is 2.14. The van der Waals surface area contributed by atoms with Crippen molar-refractivity contribution in [3.63, 3.8) is 0 Å². The van der Waals surface area contributed by atoms with E-state index in [2.05, 4.69) is 30.9 Å². The van der Waals surface area contributed by atoms with Gasteiger partial charge in [-0.25, -0.2) is 14.3 Å². The maximum atomic E-state index is 13.7. The number of fused-ring (bicyclic) bond motifs is 1. The molecule has 0 bridgehead atoms. The molecule has 3 rings (SSSR count). The molecule has 0 saturated heterocycles. The van der Waals surface area contributed by atoms with Crippen molar-refractivity contribution in [2.45, 2.75) is 0 Å². The Morgan fingerprint density at radius 1 is 1.19 bits per heavy atom. The van der Waals surface area contributed by atoms with Crippen molar-refractivity contribution in [3.8, 4) is 11.6 Å². The number of esters is 1. The van der Waals surface area contributed by atoms with Gasteiger partial charge in [0.15, 0.2) is 0 Å². The van der Waals surface area contributed by atoms with Crippen molar-refractivity contribution in [2.24, 2.45) is 0 Å². The number of methoxy groups -OCH3 is 1. The highest BCUT2D eigenvalue weighted by Gasteiger charge is 2.15. The average molecular weight is 425 g/mol. The van der Waals surface area contributed by atoms with Crippen LogP contribution in [-0.2, 0) is 4.74 Å². The first-order chi connectivity index (χ1) is 12.5. The van der Waals surface area contributed by atoms with Crippen LogP contribution in [0.2, 0.25) is 0 Å². The molecule has 2 N–H and O–H groups in total. The molecular weight excluding hydrogens is 411 g/mol. The van der Waals surface area contributed by atoms with E-state index in [4.69, 9.17) is 9.84 Å². The molecule has 0 aliphatic carbocycles. The second kappa shape index (κ2) is 8.54. The van der Waals surface area contributed by atoms with Gasteiger partial charge in [0.1, 0.15) is 11.6 Å². The Hall–Kier alpha value is -2.78. The molecule has 1 heterocycles. The summed E-state index contributed by atoms with van der Waals surface area (Å²) in [5.41, 5.74) is -0.625. The van der Waals surface area contributed by atoms with Crippen molar-refractivity contribution in [3.05, 3.63) is 62.6 Å². The van der Waals surface area contributed by atoms with Gasteiger partial charge in [0, 0.05) is 11.6 Å². The van der Waals surface area contributed by atoms with Gasteiger partial charge in [-0.2, -0.15) is 0 Å². The number of hydrogen-bond acceptors (Lipinski definition) is 6. The van der Waals surface area contributed by atoms with Crippen molar-refractivity contribution >= 4 is 32.7 Å². The standard InChI is InChI=1S/C16H10BrFN2O4.CH4O/c1-23-16(22)12-7-9(3-5-13(12)18)24-15-10-4-2-8(17)6-11(10)14(21)19-20-15;1-2/h2-7H,1H3,(H,19,21);2H,1H3. The van der Waals surface area contributed by atoms with E-state index in [0.29, 0.717) is 10.8 Å². The summed E-state index contributed by atoms with van der Waals surface area (Å²) in [6, 6.07) is 8.68. The smallest absolute Gasteiger partial charge is 0.340 e. The number of nitrogens with zero attached hydrogens (tertiary/aromatic N) is 1. The fourth-order valence-corrected chi connectivity index (χ4v) is 2.50. The van der Waals surface area contributed by atoms with Gasteiger partial charge in [-0.15, -0.1) is 5.10 Å². The first-order valence-corrected chi connectivity index (χ1v) is 7.97. The summed E-state index contributed by atoms with van der Waals surface area (Å²) < 4.78 is 24.5. The lowest BCUT2D eigenvalue weighted by atomic mass is 10.2. The predicted octanol–water partition coefficient (Wildman–Crippen LogP) is 3.01. The van der Waals surface area contributed by atoms with Crippen LogP contribution in [-0.4, -0.2) is 35.5 Å². The maximum absolute atomic E-state index is 13.7. The molecule has 7 nitrogen and oxygen atoms in total. The van der Waals surface area contributed by atoms with Crippen LogP contribution in [0, 0.1) is 5.82 Å². The molecular formula is C17H14BrFN2O5. The number of H-pyrrole nitrogens is 1. The van der Waals surface area contributed by atoms with Crippen LogP contribution in [0.1, 0.15) is 10.4 Å². The molecule has 26 heavy (non-hydrogen) atoms. The van der Waals surface area contributed by atoms with Crippen LogP contribution >= 0.6 is 15.9 Å². The molecule has 3 aromatic rings. The van der Waals surface area contributed by atoms with Gasteiger partial charge in [-0.05, 0) is 36.4 Å². The Morgan fingerprint density at radius 3 is 2.62 bits per heavy atom. The van der Waals surface area contributed by atoms with Gasteiger partial charge in [-0.3, -0.25) is 4.79 Å². The third-order valence-corrected chi connectivity index (χ3v) is 3.77. The Kier molecular flexibility index (Phi) is 6.42. The zero-order chi connectivity index (χ0) is 19.3. The maximum Gasteiger partial charge on any atom is 0.340 e. The quantitative estimate of drug-likeness (QED) is 0.626. The van der Waals surface area contributed by atoms with E-state index in [1.807, 2.05) is 0 Å². The summed E-state index contributed by atoms with van der Waals surface area (Å²) in [4.78, 5) is 23.4. The molecule has 0 amide bonds. The first kappa shape index (κ1) is 19.5. The minimum Gasteiger partial charge on any atom is -0.465 e. The number of halogens is 2. The summed E-state index contributed by atoms with van der Waals surface area (Å²) in [7, 11) is 2.16. The van der Waals surface area contributed by atoms with E-state index in [1.54, 1.807) is 18.2 Å². The van der Waals surface area contributed by atoms with E-state index in [-0.39, 0.29) is 22.8 Å². The van der Waals surface area contributed by atoms with E-state index in [1.165, 1.54) is 12.1 Å². The second-order valence-corrected chi connectivity index (χ2v) is 5.70. The lowest BCUT2D eigenvalue weighted by Gasteiger charge is -2.09. The van der Waals surface area contributed by atoms with Crippen LogP contribution in [0.5, 0.6) is 11.6 Å². The largest absolute Gasteiger partial charge is 0.465 e. The van der Waals surface area contributed by atoms with Crippen LogP contribution in [0.4, 0.5) is 4.39 Å². The molecule has 0 aliphatic heterocycles. The van der Waals surface area contributed by atoms with Gasteiger partial charge < -0.3 is 14.6 Å². The number of ether oxygens (including phenoxy) is 2. The molecule has 0 fully saturated rings. The van der Waals surface area contributed by atoms with E-state index in [9.17, 15) is 14.0 Å². The van der Waals surface area contributed by atoms with Gasteiger partial charge >= 0.3 is 5.97 Å². The van der Waals surface area contributed by atoms with E-state index >= 15 is 0 Å². The molecule has 0 saturated carbocycles. The fraction of sp³-hybridized carbons (Fsp3) is 0.118.